The minimum absolute atomic E-state index is 0.116. The zero-order valence-corrected chi connectivity index (χ0v) is 17.9. The quantitative estimate of drug-likeness (QED) is 0.444. The topological polar surface area (TPSA) is 128 Å². The van der Waals surface area contributed by atoms with Crippen molar-refractivity contribution < 1.29 is 36.6 Å². The zero-order chi connectivity index (χ0) is 24.4. The number of H-pyrrole nitrogens is 1. The van der Waals surface area contributed by atoms with Crippen molar-refractivity contribution in [2.45, 2.75) is 49.5 Å². The molecular weight excluding hydrogens is 478 g/mol. The zero-order valence-electron chi connectivity index (χ0n) is 17.9. The lowest BCUT2D eigenvalue weighted by molar-refractivity contribution is -0.276. The van der Waals surface area contributed by atoms with Gasteiger partial charge in [-0.1, -0.05) is 0 Å². The van der Waals surface area contributed by atoms with Gasteiger partial charge in [-0.25, -0.2) is 18.7 Å². The van der Waals surface area contributed by atoms with Gasteiger partial charge in [0.1, 0.15) is 11.6 Å². The van der Waals surface area contributed by atoms with Gasteiger partial charge in [-0.05, 0) is 25.2 Å². The van der Waals surface area contributed by atoms with E-state index < -0.39 is 36.7 Å². The van der Waals surface area contributed by atoms with Gasteiger partial charge >= 0.3 is 12.5 Å². The number of hydrogen-bond donors (Lipinski definition) is 3. The highest BCUT2D eigenvalue weighted by Gasteiger charge is 2.58. The summed E-state index contributed by atoms with van der Waals surface area (Å²) in [5, 5.41) is 16.1. The third-order valence-electron chi connectivity index (χ3n) is 6.49. The van der Waals surface area contributed by atoms with Gasteiger partial charge in [0, 0.05) is 30.1 Å². The maximum atomic E-state index is 15.0. The van der Waals surface area contributed by atoms with Crippen LogP contribution in [0.4, 0.5) is 34.0 Å². The van der Waals surface area contributed by atoms with Crippen LogP contribution in [0.25, 0.3) is 5.52 Å². The second kappa shape index (κ2) is 7.69. The van der Waals surface area contributed by atoms with Crippen LogP contribution in [0.15, 0.2) is 24.5 Å². The number of anilines is 2. The highest BCUT2D eigenvalue weighted by atomic mass is 19.4. The first kappa shape index (κ1) is 21.9. The molecule has 1 amide bonds. The van der Waals surface area contributed by atoms with Gasteiger partial charge in [0.15, 0.2) is 23.9 Å². The number of carbonyl (C=O) groups excluding carboxylic acids is 1. The van der Waals surface area contributed by atoms with E-state index in [1.54, 1.807) is 0 Å². The SMILES string of the molecule is O=C(NC12CC(C1)C2)O[C@H]1CO[C@@H](c2cc(Nc3nccn4nc(OC(F)(F)F)cc34)n[nH]2)[C@@H]1F. The third-order valence-corrected chi connectivity index (χ3v) is 6.49. The Labute approximate surface area is 194 Å². The Morgan fingerprint density at radius 3 is 2.80 bits per heavy atom. The maximum absolute atomic E-state index is 15.0. The number of nitrogens with zero attached hydrogens (tertiary/aromatic N) is 4. The first-order chi connectivity index (χ1) is 16.7. The molecule has 35 heavy (non-hydrogen) atoms. The van der Waals surface area contributed by atoms with Crippen molar-refractivity contribution in [1.82, 2.24) is 30.1 Å². The number of alkyl carbamates (subject to hydrolysis) is 1. The Kier molecular flexibility index (Phi) is 4.81. The number of amides is 1. The molecular formula is C20H19F4N7O4. The van der Waals surface area contributed by atoms with Crippen molar-refractivity contribution in [3.63, 3.8) is 0 Å². The molecule has 4 aliphatic rings. The van der Waals surface area contributed by atoms with Gasteiger partial charge in [0.05, 0.1) is 12.3 Å². The first-order valence-electron chi connectivity index (χ1n) is 10.8. The fourth-order valence-corrected chi connectivity index (χ4v) is 4.78. The smallest absolute Gasteiger partial charge is 0.441 e. The number of aromatic amines is 1. The summed E-state index contributed by atoms with van der Waals surface area (Å²) in [6, 6.07) is 2.53. The van der Waals surface area contributed by atoms with Crippen molar-refractivity contribution in [3.05, 3.63) is 30.2 Å². The van der Waals surface area contributed by atoms with E-state index in [4.69, 9.17) is 9.47 Å². The van der Waals surface area contributed by atoms with E-state index in [2.05, 4.69) is 35.7 Å². The molecule has 3 aliphatic carbocycles. The minimum atomic E-state index is -4.89. The number of carbonyl (C=O) groups is 1. The summed E-state index contributed by atoms with van der Waals surface area (Å²) < 4.78 is 68.2. The molecule has 186 valence electrons. The van der Waals surface area contributed by atoms with Gasteiger partial charge in [0.2, 0.25) is 5.88 Å². The standard InChI is InChI=1S/C20H19F4N7O4/c21-15-12(34-18(32)27-19-5-9(6-19)7-19)8-33-16(15)10-3-13(29-28-10)26-17-11-4-14(35-20(22,23)24)30-31(11)2-1-25-17/h1-4,9,12,15-16H,5-8H2,(H,27,32)(H2,25,26,28,29)/t9?,12-,15+,16-,19?/m0/s1. The number of ether oxygens (including phenoxy) is 3. The second-order valence-corrected chi connectivity index (χ2v) is 9.00. The number of nitrogens with one attached hydrogen (secondary N) is 3. The van der Waals surface area contributed by atoms with Crippen molar-refractivity contribution in [2.24, 2.45) is 5.92 Å². The van der Waals surface area contributed by atoms with E-state index in [9.17, 15) is 22.4 Å². The van der Waals surface area contributed by atoms with Crippen LogP contribution in [0.3, 0.4) is 0 Å². The average molecular weight is 497 g/mol. The Morgan fingerprint density at radius 1 is 1.29 bits per heavy atom. The Morgan fingerprint density at radius 2 is 2.09 bits per heavy atom. The van der Waals surface area contributed by atoms with E-state index in [1.165, 1.54) is 18.5 Å². The van der Waals surface area contributed by atoms with Crippen LogP contribution in [0.5, 0.6) is 5.88 Å². The van der Waals surface area contributed by atoms with Gasteiger partial charge in [-0.2, -0.15) is 5.10 Å². The lowest BCUT2D eigenvalue weighted by Crippen LogP contribution is -2.68. The van der Waals surface area contributed by atoms with E-state index in [0.717, 1.165) is 29.8 Å². The molecule has 0 spiro atoms. The maximum Gasteiger partial charge on any atom is 0.574 e. The summed E-state index contributed by atoms with van der Waals surface area (Å²) in [7, 11) is 0. The largest absolute Gasteiger partial charge is 0.574 e. The van der Waals surface area contributed by atoms with E-state index in [1.807, 2.05) is 0 Å². The molecule has 4 fully saturated rings. The summed E-state index contributed by atoms with van der Waals surface area (Å²) in [5.74, 6) is 0.380. The lowest BCUT2D eigenvalue weighted by atomic mass is 9.50. The molecule has 15 heteroatoms. The van der Waals surface area contributed by atoms with Crippen LogP contribution in [0.2, 0.25) is 0 Å². The summed E-state index contributed by atoms with van der Waals surface area (Å²) >= 11 is 0. The predicted octanol–water partition coefficient (Wildman–Crippen LogP) is 3.15. The highest BCUT2D eigenvalue weighted by molar-refractivity contribution is 5.73. The van der Waals surface area contributed by atoms with Crippen LogP contribution < -0.4 is 15.4 Å². The Bertz CT molecular complexity index is 1260. The van der Waals surface area contributed by atoms with E-state index in [-0.39, 0.29) is 35.0 Å². The molecule has 0 unspecified atom stereocenters. The molecule has 1 aliphatic heterocycles. The summed E-state index contributed by atoms with van der Waals surface area (Å²) in [4.78, 5) is 16.2. The van der Waals surface area contributed by atoms with Crippen LogP contribution in [-0.2, 0) is 9.47 Å². The molecule has 2 bridgehead atoms. The van der Waals surface area contributed by atoms with Crippen LogP contribution >= 0.6 is 0 Å². The Hall–Kier alpha value is -3.62. The molecule has 4 heterocycles. The molecule has 1 saturated heterocycles. The van der Waals surface area contributed by atoms with Gasteiger partial charge in [-0.15, -0.1) is 18.3 Å². The van der Waals surface area contributed by atoms with Gasteiger partial charge in [0.25, 0.3) is 0 Å². The van der Waals surface area contributed by atoms with Crippen molar-refractivity contribution in [1.29, 1.82) is 0 Å². The molecule has 7 rings (SSSR count). The number of alkyl halides is 4. The van der Waals surface area contributed by atoms with Crippen LogP contribution in [0, 0.1) is 5.92 Å². The number of fused-ring (bicyclic) bond motifs is 1. The molecule has 0 aromatic carbocycles. The van der Waals surface area contributed by atoms with Gasteiger partial charge in [-0.3, -0.25) is 5.10 Å². The molecule has 3 atom stereocenters. The minimum Gasteiger partial charge on any atom is -0.441 e. The third kappa shape index (κ3) is 4.09. The van der Waals surface area contributed by atoms with Crippen molar-refractivity contribution >= 4 is 23.2 Å². The second-order valence-electron chi connectivity index (χ2n) is 9.00. The number of hydrogen-bond acceptors (Lipinski definition) is 8. The first-order valence-corrected chi connectivity index (χ1v) is 10.8. The monoisotopic (exact) mass is 497 g/mol. The predicted molar refractivity (Wildman–Crippen MR) is 109 cm³/mol. The van der Waals surface area contributed by atoms with Gasteiger partial charge < -0.3 is 24.8 Å². The fourth-order valence-electron chi connectivity index (χ4n) is 4.78. The normalized spacial score (nSPS) is 29.4. The van der Waals surface area contributed by atoms with Crippen molar-refractivity contribution in [2.75, 3.05) is 11.9 Å². The van der Waals surface area contributed by atoms with Crippen molar-refractivity contribution in [3.8, 4) is 5.88 Å². The molecule has 3 aromatic rings. The molecule has 11 nitrogen and oxygen atoms in total. The lowest BCUT2D eigenvalue weighted by Gasteiger charge is -2.61. The average Bonchev–Trinajstić information content (AvgIpc) is 3.42. The van der Waals surface area contributed by atoms with E-state index in [0.29, 0.717) is 5.92 Å². The number of rotatable bonds is 6. The van der Waals surface area contributed by atoms with Crippen LogP contribution in [0.1, 0.15) is 31.1 Å². The molecule has 3 N–H and O–H groups in total. The number of aromatic nitrogens is 5. The molecule has 0 radical (unpaired) electrons. The molecule has 3 aromatic heterocycles. The summed E-state index contributed by atoms with van der Waals surface area (Å²) in [6.45, 7) is -0.116. The highest BCUT2D eigenvalue weighted by Crippen LogP contribution is 2.57. The Balaban J connectivity index is 1.11. The summed E-state index contributed by atoms with van der Waals surface area (Å²) in [6.07, 6.45) is -3.79. The molecule has 3 saturated carbocycles. The number of halogens is 4. The fraction of sp³-hybridized carbons (Fsp3) is 0.500. The van der Waals surface area contributed by atoms with E-state index >= 15 is 0 Å². The summed E-state index contributed by atoms with van der Waals surface area (Å²) in [5.41, 5.74) is 0.301. The van der Waals surface area contributed by atoms with Crippen LogP contribution in [-0.4, -0.2) is 61.7 Å².